The molecule has 2 aromatic rings. The molecule has 1 saturated heterocycles. The Balaban J connectivity index is 1.75. The van der Waals surface area contributed by atoms with E-state index in [0.29, 0.717) is 49.0 Å². The predicted octanol–water partition coefficient (Wildman–Crippen LogP) is 5.35. The van der Waals surface area contributed by atoms with Crippen LogP contribution in [-0.2, 0) is 6.42 Å². The lowest BCUT2D eigenvalue weighted by atomic mass is 10.0. The molecule has 1 amide bonds. The molecule has 1 fully saturated rings. The third kappa shape index (κ3) is 9.91. The van der Waals surface area contributed by atoms with Crippen LogP contribution in [0.3, 0.4) is 0 Å². The normalized spacial score (nSPS) is 18.4. The van der Waals surface area contributed by atoms with Gasteiger partial charge in [-0.25, -0.2) is 4.98 Å². The van der Waals surface area contributed by atoms with E-state index in [1.165, 1.54) is 17.8 Å². The topological polar surface area (TPSA) is 130 Å². The number of hydrogen-bond acceptors (Lipinski definition) is 9. The number of carbonyl (C=O) groups excluding carboxylic acids is 1. The summed E-state index contributed by atoms with van der Waals surface area (Å²) in [6.45, 7) is 10.1. The molecule has 220 valence electrons. The van der Waals surface area contributed by atoms with E-state index in [0.717, 1.165) is 36.4 Å². The zero-order chi connectivity index (χ0) is 28.4. The molecule has 0 bridgehead atoms. The van der Waals surface area contributed by atoms with E-state index in [9.17, 15) is 19.0 Å². The van der Waals surface area contributed by atoms with Crippen LogP contribution in [-0.4, -0.2) is 68.7 Å². The molecule has 3 atom stereocenters. The monoisotopic (exact) mass is 581 g/mol. The van der Waals surface area contributed by atoms with Gasteiger partial charge in [0.05, 0.1) is 28.6 Å². The molecule has 1 aliphatic heterocycles. The summed E-state index contributed by atoms with van der Waals surface area (Å²) in [4.78, 5) is 17.9. The van der Waals surface area contributed by atoms with Gasteiger partial charge >= 0.3 is 0 Å². The molecule has 11 heteroatoms. The first kappa shape index (κ1) is 31.6. The van der Waals surface area contributed by atoms with E-state index in [1.807, 2.05) is 18.4 Å². The minimum Gasteiger partial charge on any atom is -0.390 e. The minimum atomic E-state index is -2.93. The lowest BCUT2D eigenvalue weighted by Gasteiger charge is -2.47. The Hall–Kier alpha value is -1.89. The van der Waals surface area contributed by atoms with Gasteiger partial charge in [0.2, 0.25) is 0 Å². The second-order valence-electron chi connectivity index (χ2n) is 10.9. The second kappa shape index (κ2) is 15.2. The molecule has 1 aliphatic rings. The Bertz CT molecular complexity index is 1020. The maximum Gasteiger partial charge on any atom is 0.251 e. The highest BCUT2D eigenvalue weighted by atomic mass is 32.3. The van der Waals surface area contributed by atoms with Gasteiger partial charge in [0, 0.05) is 54.9 Å². The Morgan fingerprint density at radius 3 is 2.64 bits per heavy atom. The Morgan fingerprint density at radius 1 is 1.18 bits per heavy atom. The molecule has 3 rings (SSSR count). The second-order valence-corrected chi connectivity index (χ2v) is 13.9. The first-order valence-electron chi connectivity index (χ1n) is 14.1. The highest BCUT2D eigenvalue weighted by Crippen LogP contribution is 2.50. The number of nitrogens with one attached hydrogen (secondary N) is 3. The van der Waals surface area contributed by atoms with Crippen LogP contribution in [0.1, 0.15) is 75.2 Å². The van der Waals surface area contributed by atoms with Gasteiger partial charge in [-0.1, -0.05) is 26.7 Å². The van der Waals surface area contributed by atoms with Crippen LogP contribution in [0.4, 0.5) is 11.4 Å². The smallest absolute Gasteiger partial charge is 0.251 e. The summed E-state index contributed by atoms with van der Waals surface area (Å²) in [5.41, 5.74) is 1.73. The molecular formula is C28H47N5O4S2. The van der Waals surface area contributed by atoms with Crippen LogP contribution in [0.25, 0.3) is 0 Å². The van der Waals surface area contributed by atoms with Crippen molar-refractivity contribution in [1.29, 1.82) is 0 Å². The largest absolute Gasteiger partial charge is 0.390 e. The predicted molar refractivity (Wildman–Crippen MR) is 164 cm³/mol. The van der Waals surface area contributed by atoms with Gasteiger partial charge < -0.3 is 21.1 Å². The van der Waals surface area contributed by atoms with Crippen molar-refractivity contribution in [3.63, 3.8) is 0 Å². The summed E-state index contributed by atoms with van der Waals surface area (Å²) in [5, 5.41) is 23.6. The molecule has 9 nitrogen and oxygen atoms in total. The number of aliphatic hydroxyl groups excluding tert-OH is 1. The summed E-state index contributed by atoms with van der Waals surface area (Å²) >= 11 is 1.50. The van der Waals surface area contributed by atoms with Crippen molar-refractivity contribution in [2.75, 3.05) is 35.0 Å². The van der Waals surface area contributed by atoms with Crippen LogP contribution in [0.5, 0.6) is 0 Å². The van der Waals surface area contributed by atoms with Gasteiger partial charge in [0.15, 0.2) is 0 Å². The highest BCUT2D eigenvalue weighted by Gasteiger charge is 2.29. The van der Waals surface area contributed by atoms with Crippen molar-refractivity contribution in [3.05, 3.63) is 40.3 Å². The summed E-state index contributed by atoms with van der Waals surface area (Å²) in [6.07, 6.45) is 6.29. The number of benzene rings is 1. The van der Waals surface area contributed by atoms with Crippen LogP contribution in [0, 0.1) is 5.92 Å². The Kier molecular flexibility index (Phi) is 12.3. The van der Waals surface area contributed by atoms with Crippen LogP contribution in [0.2, 0.25) is 0 Å². The van der Waals surface area contributed by atoms with Crippen molar-refractivity contribution in [1.82, 2.24) is 15.6 Å². The molecule has 39 heavy (non-hydrogen) atoms. The first-order valence-corrected chi connectivity index (χ1v) is 16.7. The van der Waals surface area contributed by atoms with Gasteiger partial charge in [0.25, 0.3) is 5.91 Å². The summed E-state index contributed by atoms with van der Waals surface area (Å²) in [7, 11) is -2.93. The quantitative estimate of drug-likeness (QED) is 0.166. The highest BCUT2D eigenvalue weighted by molar-refractivity contribution is 8.25. The van der Waals surface area contributed by atoms with Gasteiger partial charge in [-0.2, -0.15) is 0 Å². The first-order chi connectivity index (χ1) is 18.6. The van der Waals surface area contributed by atoms with Gasteiger partial charge in [-0.05, 0) is 57.2 Å². The number of rotatable bonds is 15. The van der Waals surface area contributed by atoms with Crippen molar-refractivity contribution >= 4 is 39.4 Å². The maximum atomic E-state index is 13.6. The molecule has 0 spiro atoms. The number of aromatic nitrogens is 1. The van der Waals surface area contributed by atoms with Gasteiger partial charge in [-0.15, -0.1) is 22.1 Å². The van der Waals surface area contributed by atoms with Crippen LogP contribution in [0.15, 0.2) is 29.8 Å². The molecule has 1 aromatic heterocycles. The lowest BCUT2D eigenvalue weighted by Crippen LogP contribution is -2.49. The molecule has 0 aliphatic carbocycles. The van der Waals surface area contributed by atoms with E-state index < -0.39 is 22.9 Å². The zero-order valence-electron chi connectivity index (χ0n) is 23.7. The van der Waals surface area contributed by atoms with Crippen molar-refractivity contribution in [2.45, 2.75) is 84.4 Å². The van der Waals surface area contributed by atoms with Crippen LogP contribution < -0.4 is 20.3 Å². The molecule has 0 radical (unpaired) electrons. The SMILES string of the molecule is CCNc1cc(C(=O)N[C@@H](Cc2nccs2)[C@@H](O)CNC(C)CCCC(C)C)cc(N2CCCCS2(O)O)c1. The average Bonchev–Trinajstić information content (AvgIpc) is 3.39. The maximum absolute atomic E-state index is 13.6. The number of anilines is 2. The molecule has 0 saturated carbocycles. The number of amides is 1. The molecule has 1 aromatic carbocycles. The number of thiazole rings is 1. The molecular weight excluding hydrogens is 534 g/mol. The average molecular weight is 582 g/mol. The minimum absolute atomic E-state index is 0.262. The molecule has 1 unspecified atom stereocenters. The number of carbonyl (C=O) groups is 1. The van der Waals surface area contributed by atoms with E-state index in [4.69, 9.17) is 0 Å². The number of aliphatic hydroxyl groups is 1. The van der Waals surface area contributed by atoms with E-state index >= 15 is 0 Å². The summed E-state index contributed by atoms with van der Waals surface area (Å²) < 4.78 is 23.0. The standard InChI is InChI=1S/C28H47N5O4S2/c1-5-29-23-15-22(16-24(17-23)33-12-6-7-14-39(33,36)37)28(35)32-25(18-27-30-11-13-38-27)26(34)19-31-21(4)10-8-9-20(2)3/h11,13,15-17,20-21,25-26,29,31,34,36-37H,5-10,12,14,18-19H2,1-4H3,(H,32,35)/t21?,25-,26-/m0/s1. The van der Waals surface area contributed by atoms with Crippen molar-refractivity contribution < 1.29 is 19.0 Å². The summed E-state index contributed by atoms with van der Waals surface area (Å²) in [6, 6.07) is 5.04. The number of hydrogen-bond donors (Lipinski definition) is 6. The van der Waals surface area contributed by atoms with E-state index in [1.54, 1.807) is 22.6 Å². The lowest BCUT2D eigenvalue weighted by molar-refractivity contribution is 0.0825. The molecule has 6 N–H and O–H groups in total. The van der Waals surface area contributed by atoms with E-state index in [-0.39, 0.29) is 11.9 Å². The fraction of sp³-hybridized carbons (Fsp3) is 0.643. The zero-order valence-corrected chi connectivity index (χ0v) is 25.4. The fourth-order valence-corrected chi connectivity index (χ4v) is 7.13. The van der Waals surface area contributed by atoms with Crippen molar-refractivity contribution in [3.8, 4) is 0 Å². The number of nitrogens with zero attached hydrogens (tertiary/aromatic N) is 2. The van der Waals surface area contributed by atoms with E-state index in [2.05, 4.69) is 41.7 Å². The van der Waals surface area contributed by atoms with Crippen LogP contribution >= 0.6 is 22.1 Å². The third-order valence-corrected chi connectivity index (χ3v) is 9.72. The van der Waals surface area contributed by atoms with Gasteiger partial charge in [0.1, 0.15) is 0 Å². The Labute approximate surface area is 239 Å². The Morgan fingerprint density at radius 2 is 1.97 bits per heavy atom. The third-order valence-electron chi connectivity index (χ3n) is 6.98. The fourth-order valence-electron chi connectivity index (χ4n) is 4.77. The van der Waals surface area contributed by atoms with Crippen molar-refractivity contribution in [2.24, 2.45) is 5.92 Å². The van der Waals surface area contributed by atoms with Gasteiger partial charge in [-0.3, -0.25) is 18.2 Å². The molecule has 2 heterocycles. The summed E-state index contributed by atoms with van der Waals surface area (Å²) in [5.74, 6) is 0.676.